The number of benzene rings is 2. The van der Waals surface area contributed by atoms with E-state index in [2.05, 4.69) is 5.32 Å². The molecule has 1 amide bonds. The highest BCUT2D eigenvalue weighted by atomic mass is 32.2. The molecule has 1 aromatic heterocycles. The molecule has 3 aromatic rings. The normalized spacial score (nSPS) is 14.6. The number of carbonyl (C=O) groups is 1. The summed E-state index contributed by atoms with van der Waals surface area (Å²) >= 11 is 0. The highest BCUT2D eigenvalue weighted by Crippen LogP contribution is 2.24. The fourth-order valence-electron chi connectivity index (χ4n) is 4.10. The molecule has 2 aromatic carbocycles. The zero-order chi connectivity index (χ0) is 24.1. The fraction of sp³-hybridized carbons (Fsp3) is 0.308. The number of pyridine rings is 1. The van der Waals surface area contributed by atoms with Crippen molar-refractivity contribution in [2.45, 2.75) is 44.2 Å². The number of nitrogens with zero attached hydrogens (tertiary/aromatic N) is 2. The van der Waals surface area contributed by atoms with E-state index in [4.69, 9.17) is 0 Å². The second-order valence-electron chi connectivity index (χ2n) is 8.61. The van der Waals surface area contributed by atoms with Crippen LogP contribution in [0, 0.1) is 6.92 Å². The van der Waals surface area contributed by atoms with Gasteiger partial charge >= 0.3 is 0 Å². The van der Waals surface area contributed by atoms with Gasteiger partial charge in [0.05, 0.1) is 11.4 Å². The molecular formula is C26H29N3O4S. The van der Waals surface area contributed by atoms with Crippen molar-refractivity contribution in [1.82, 2.24) is 14.2 Å². The number of rotatable bonds is 7. The molecule has 1 N–H and O–H groups in total. The van der Waals surface area contributed by atoms with Crippen LogP contribution < -0.4 is 10.9 Å². The van der Waals surface area contributed by atoms with E-state index in [1.165, 1.54) is 16.4 Å². The van der Waals surface area contributed by atoms with Gasteiger partial charge in [-0.2, -0.15) is 4.31 Å². The van der Waals surface area contributed by atoms with Crippen molar-refractivity contribution < 1.29 is 13.2 Å². The van der Waals surface area contributed by atoms with E-state index in [-0.39, 0.29) is 16.4 Å². The number of hydrogen-bond acceptors (Lipinski definition) is 4. The molecule has 1 saturated heterocycles. The van der Waals surface area contributed by atoms with Crippen LogP contribution >= 0.6 is 0 Å². The van der Waals surface area contributed by atoms with Crippen LogP contribution in [0.3, 0.4) is 0 Å². The minimum Gasteiger partial charge on any atom is -0.348 e. The zero-order valence-corrected chi connectivity index (χ0v) is 20.1. The molecule has 8 heteroatoms. The van der Waals surface area contributed by atoms with Crippen LogP contribution in [0.5, 0.6) is 0 Å². The number of amides is 1. The van der Waals surface area contributed by atoms with Gasteiger partial charge in [-0.15, -0.1) is 0 Å². The van der Waals surface area contributed by atoms with Gasteiger partial charge in [0.25, 0.3) is 11.5 Å². The number of aryl methyl sites for hydroxylation is 1. The van der Waals surface area contributed by atoms with E-state index >= 15 is 0 Å². The highest BCUT2D eigenvalue weighted by molar-refractivity contribution is 7.89. The number of aromatic nitrogens is 1. The molecule has 0 aliphatic carbocycles. The van der Waals surface area contributed by atoms with Crippen LogP contribution in [0.25, 0.3) is 0 Å². The molecule has 0 radical (unpaired) electrons. The minimum absolute atomic E-state index is 0.0568. The lowest BCUT2D eigenvalue weighted by atomic mass is 10.1. The van der Waals surface area contributed by atoms with Gasteiger partial charge in [-0.05, 0) is 54.7 Å². The summed E-state index contributed by atoms with van der Waals surface area (Å²) in [7, 11) is -3.62. The monoisotopic (exact) mass is 479 g/mol. The lowest BCUT2D eigenvalue weighted by Crippen LogP contribution is -2.36. The van der Waals surface area contributed by atoms with Gasteiger partial charge in [0.2, 0.25) is 10.0 Å². The smallest absolute Gasteiger partial charge is 0.251 e. The summed E-state index contributed by atoms with van der Waals surface area (Å²) in [5.74, 6) is -0.324. The third-order valence-electron chi connectivity index (χ3n) is 6.11. The molecule has 1 fully saturated rings. The fourth-order valence-corrected chi connectivity index (χ4v) is 5.87. The maximum atomic E-state index is 13.1. The van der Waals surface area contributed by atoms with Crippen LogP contribution in [0.4, 0.5) is 0 Å². The summed E-state index contributed by atoms with van der Waals surface area (Å²) in [4.78, 5) is 24.8. The average molecular weight is 480 g/mol. The van der Waals surface area contributed by atoms with Crippen molar-refractivity contribution in [3.8, 4) is 0 Å². The summed E-state index contributed by atoms with van der Waals surface area (Å²) in [6.07, 6.45) is 4.51. The van der Waals surface area contributed by atoms with Crippen molar-refractivity contribution in [3.05, 3.63) is 99.5 Å². The van der Waals surface area contributed by atoms with E-state index in [1.807, 2.05) is 30.3 Å². The van der Waals surface area contributed by atoms with E-state index in [1.54, 1.807) is 35.9 Å². The molecule has 2 heterocycles. The molecule has 0 unspecified atom stereocenters. The minimum atomic E-state index is -3.62. The Bertz CT molecular complexity index is 1320. The maximum Gasteiger partial charge on any atom is 0.251 e. The van der Waals surface area contributed by atoms with E-state index in [0.717, 1.165) is 30.4 Å². The summed E-state index contributed by atoms with van der Waals surface area (Å²) in [6.45, 7) is 3.58. The number of sulfonamides is 1. The first-order valence-electron chi connectivity index (χ1n) is 11.5. The molecule has 0 atom stereocenters. The van der Waals surface area contributed by atoms with Gasteiger partial charge in [0.1, 0.15) is 0 Å². The Kier molecular flexibility index (Phi) is 7.29. The van der Waals surface area contributed by atoms with E-state index in [9.17, 15) is 18.0 Å². The van der Waals surface area contributed by atoms with Crippen molar-refractivity contribution in [3.63, 3.8) is 0 Å². The third kappa shape index (κ3) is 5.46. The van der Waals surface area contributed by atoms with Crippen molar-refractivity contribution >= 4 is 15.9 Å². The van der Waals surface area contributed by atoms with Crippen LogP contribution in [0.15, 0.2) is 76.6 Å². The molecule has 7 nitrogen and oxygen atoms in total. The average Bonchev–Trinajstić information content (AvgIpc) is 2.85. The molecule has 0 spiro atoms. The first-order chi connectivity index (χ1) is 16.3. The quantitative estimate of drug-likeness (QED) is 0.563. The Morgan fingerprint density at radius 1 is 0.941 bits per heavy atom. The first-order valence-corrected chi connectivity index (χ1v) is 12.9. The van der Waals surface area contributed by atoms with Gasteiger partial charge in [-0.25, -0.2) is 8.42 Å². The van der Waals surface area contributed by atoms with Crippen molar-refractivity contribution in [2.75, 3.05) is 13.1 Å². The molecule has 34 heavy (non-hydrogen) atoms. The van der Waals surface area contributed by atoms with E-state index in [0.29, 0.717) is 37.3 Å². The van der Waals surface area contributed by atoms with Crippen molar-refractivity contribution in [1.29, 1.82) is 0 Å². The summed E-state index contributed by atoms with van der Waals surface area (Å²) in [5, 5.41) is 2.87. The predicted molar refractivity (Wildman–Crippen MR) is 131 cm³/mol. The zero-order valence-electron chi connectivity index (χ0n) is 19.2. The molecule has 178 valence electrons. The topological polar surface area (TPSA) is 88.5 Å². The van der Waals surface area contributed by atoms with Crippen LogP contribution in [0.2, 0.25) is 0 Å². The Morgan fingerprint density at radius 2 is 1.65 bits per heavy atom. The van der Waals surface area contributed by atoms with Crippen molar-refractivity contribution in [2.24, 2.45) is 0 Å². The Balaban J connectivity index is 1.42. The van der Waals surface area contributed by atoms with Gasteiger partial charge < -0.3 is 9.88 Å². The van der Waals surface area contributed by atoms with Gasteiger partial charge in [-0.3, -0.25) is 9.59 Å². The maximum absolute atomic E-state index is 13.1. The van der Waals surface area contributed by atoms with Crippen LogP contribution in [-0.2, 0) is 23.1 Å². The molecule has 1 aliphatic heterocycles. The predicted octanol–water partition coefficient (Wildman–Crippen LogP) is 3.31. The number of piperidine rings is 1. The lowest BCUT2D eigenvalue weighted by molar-refractivity contribution is 0.0950. The largest absolute Gasteiger partial charge is 0.348 e. The first kappa shape index (κ1) is 23.9. The number of carbonyl (C=O) groups excluding carboxylic acids is 1. The lowest BCUT2D eigenvalue weighted by Gasteiger charge is -2.26. The molecule has 4 rings (SSSR count). The Morgan fingerprint density at radius 3 is 2.35 bits per heavy atom. The Hall–Kier alpha value is -3.23. The van der Waals surface area contributed by atoms with Gasteiger partial charge in [-0.1, -0.05) is 42.8 Å². The van der Waals surface area contributed by atoms with Crippen LogP contribution in [0.1, 0.15) is 46.3 Å². The molecule has 0 bridgehead atoms. The summed E-state index contributed by atoms with van der Waals surface area (Å²) in [5.41, 5.74) is 2.79. The number of nitrogens with one attached hydrogen (secondary N) is 1. The summed E-state index contributed by atoms with van der Waals surface area (Å²) in [6, 6.07) is 17.5. The third-order valence-corrected chi connectivity index (χ3v) is 8.15. The Labute approximate surface area is 200 Å². The van der Waals surface area contributed by atoms with E-state index < -0.39 is 10.0 Å². The summed E-state index contributed by atoms with van der Waals surface area (Å²) < 4.78 is 29.4. The SMILES string of the molecule is Cc1ccc(C(=O)NCc2ccc(Cn3ccccc3=O)cc2)cc1S(=O)(=O)N1CCCCC1. The molecular weight excluding hydrogens is 450 g/mol. The molecule has 1 aliphatic rings. The molecule has 0 saturated carbocycles. The van der Waals surface area contributed by atoms with Crippen LogP contribution in [-0.4, -0.2) is 36.3 Å². The highest BCUT2D eigenvalue weighted by Gasteiger charge is 2.28. The van der Waals surface area contributed by atoms with Gasteiger partial charge in [0.15, 0.2) is 0 Å². The number of hydrogen-bond donors (Lipinski definition) is 1. The standard InChI is InChI=1S/C26H29N3O4S/c1-20-8-13-23(17-24(20)34(32,33)29-15-4-2-5-16-29)26(31)27-18-21-9-11-22(12-10-21)19-28-14-6-3-7-25(28)30/h3,6-14,17H,2,4-5,15-16,18-19H2,1H3,(H,27,31). The second kappa shape index (κ2) is 10.4. The second-order valence-corrected chi connectivity index (χ2v) is 10.5. The van der Waals surface area contributed by atoms with Gasteiger partial charge in [0, 0.05) is 37.5 Å².